The molecule has 2 aromatic rings. The summed E-state index contributed by atoms with van der Waals surface area (Å²) in [5, 5.41) is 18.7. The molecule has 120 valence electrons. The van der Waals surface area contributed by atoms with Crippen molar-refractivity contribution in [2.24, 2.45) is 0 Å². The highest BCUT2D eigenvalue weighted by atomic mass is 19.1. The first-order valence-corrected chi connectivity index (χ1v) is 7.31. The van der Waals surface area contributed by atoms with Gasteiger partial charge < -0.3 is 9.84 Å². The predicted molar refractivity (Wildman–Crippen MR) is 85.4 cm³/mol. The van der Waals surface area contributed by atoms with Crippen molar-refractivity contribution in [3.05, 3.63) is 65.5 Å². The van der Waals surface area contributed by atoms with Crippen LogP contribution in [0, 0.1) is 17.1 Å². The van der Waals surface area contributed by atoms with E-state index >= 15 is 0 Å². The second-order valence-corrected chi connectivity index (χ2v) is 5.40. The molecule has 0 aliphatic carbocycles. The van der Waals surface area contributed by atoms with Crippen molar-refractivity contribution in [2.45, 2.75) is 12.6 Å². The third-order valence-electron chi connectivity index (χ3n) is 3.32. The van der Waals surface area contributed by atoms with Gasteiger partial charge in [0.15, 0.2) is 0 Å². The molecule has 0 aliphatic rings. The molecule has 0 spiro atoms. The van der Waals surface area contributed by atoms with Crippen molar-refractivity contribution in [3.63, 3.8) is 0 Å². The summed E-state index contributed by atoms with van der Waals surface area (Å²) in [4.78, 5) is 1.99. The number of aliphatic hydroxyl groups is 1. The minimum absolute atomic E-state index is 0.0273. The molecule has 1 N–H and O–H groups in total. The Kier molecular flexibility index (Phi) is 6.10. The molecule has 5 heteroatoms. The van der Waals surface area contributed by atoms with Crippen LogP contribution in [0.3, 0.4) is 0 Å². The Bertz CT molecular complexity index is 670. The van der Waals surface area contributed by atoms with Crippen LogP contribution in [0.5, 0.6) is 5.75 Å². The fourth-order valence-corrected chi connectivity index (χ4v) is 2.24. The highest BCUT2D eigenvalue weighted by Gasteiger charge is 2.10. The van der Waals surface area contributed by atoms with Gasteiger partial charge in [-0.05, 0) is 24.7 Å². The largest absolute Gasteiger partial charge is 0.491 e. The van der Waals surface area contributed by atoms with Crippen molar-refractivity contribution in [2.75, 3.05) is 20.2 Å². The zero-order valence-electron chi connectivity index (χ0n) is 12.9. The van der Waals surface area contributed by atoms with E-state index in [1.807, 2.05) is 42.3 Å². The van der Waals surface area contributed by atoms with Crippen molar-refractivity contribution >= 4 is 0 Å². The average Bonchev–Trinajstić information content (AvgIpc) is 2.54. The first-order chi connectivity index (χ1) is 11.1. The monoisotopic (exact) mass is 314 g/mol. The lowest BCUT2D eigenvalue weighted by Crippen LogP contribution is -2.32. The van der Waals surface area contributed by atoms with Crippen LogP contribution in [0.15, 0.2) is 48.5 Å². The van der Waals surface area contributed by atoms with Gasteiger partial charge in [-0.2, -0.15) is 5.26 Å². The Morgan fingerprint density at radius 2 is 2.00 bits per heavy atom. The van der Waals surface area contributed by atoms with E-state index in [4.69, 9.17) is 10.00 Å². The number of hydrogen-bond donors (Lipinski definition) is 1. The van der Waals surface area contributed by atoms with E-state index in [9.17, 15) is 9.50 Å². The molecule has 23 heavy (non-hydrogen) atoms. The van der Waals surface area contributed by atoms with Crippen LogP contribution in [-0.4, -0.2) is 36.3 Å². The number of benzene rings is 2. The minimum Gasteiger partial charge on any atom is -0.491 e. The summed E-state index contributed by atoms with van der Waals surface area (Å²) in [6, 6.07) is 15.7. The molecule has 1 unspecified atom stereocenters. The maximum atomic E-state index is 13.5. The minimum atomic E-state index is -0.692. The molecule has 0 amide bonds. The van der Waals surface area contributed by atoms with Gasteiger partial charge in [0.1, 0.15) is 30.3 Å². The molecule has 4 nitrogen and oxygen atoms in total. The lowest BCUT2D eigenvalue weighted by Gasteiger charge is -2.21. The average molecular weight is 314 g/mol. The Morgan fingerprint density at radius 1 is 1.26 bits per heavy atom. The van der Waals surface area contributed by atoms with Gasteiger partial charge in [-0.3, -0.25) is 4.90 Å². The first kappa shape index (κ1) is 16.9. The second kappa shape index (κ2) is 8.28. The van der Waals surface area contributed by atoms with Crippen molar-refractivity contribution in [1.82, 2.24) is 4.90 Å². The van der Waals surface area contributed by atoms with Gasteiger partial charge in [0.2, 0.25) is 0 Å². The molecule has 2 aromatic carbocycles. The van der Waals surface area contributed by atoms with E-state index in [0.29, 0.717) is 12.3 Å². The molecule has 2 rings (SSSR count). The zero-order chi connectivity index (χ0) is 16.7. The molecule has 0 aromatic heterocycles. The molecular weight excluding hydrogens is 295 g/mol. The van der Waals surface area contributed by atoms with Crippen molar-refractivity contribution < 1.29 is 14.2 Å². The summed E-state index contributed by atoms with van der Waals surface area (Å²) in [5.74, 6) is -0.327. The molecule has 0 aliphatic heterocycles. The Morgan fingerprint density at radius 3 is 2.65 bits per heavy atom. The highest BCUT2D eigenvalue weighted by Crippen LogP contribution is 2.16. The van der Waals surface area contributed by atoms with Crippen LogP contribution in [0.1, 0.15) is 11.1 Å². The highest BCUT2D eigenvalue weighted by molar-refractivity contribution is 5.36. The normalized spacial score (nSPS) is 12.0. The van der Waals surface area contributed by atoms with E-state index in [-0.39, 0.29) is 12.2 Å². The van der Waals surface area contributed by atoms with Gasteiger partial charge in [0, 0.05) is 19.2 Å². The molecule has 0 bridgehead atoms. The third-order valence-corrected chi connectivity index (χ3v) is 3.32. The number of halogens is 1. The second-order valence-electron chi connectivity index (χ2n) is 5.40. The molecule has 0 saturated heterocycles. The summed E-state index contributed by atoms with van der Waals surface area (Å²) in [5.41, 5.74) is 1.14. The molecule has 0 heterocycles. The van der Waals surface area contributed by atoms with E-state index in [0.717, 1.165) is 18.2 Å². The van der Waals surface area contributed by atoms with Gasteiger partial charge in [-0.25, -0.2) is 4.39 Å². The first-order valence-electron chi connectivity index (χ1n) is 7.31. The topological polar surface area (TPSA) is 56.5 Å². The van der Waals surface area contributed by atoms with Crippen LogP contribution in [-0.2, 0) is 6.54 Å². The summed E-state index contributed by atoms with van der Waals surface area (Å²) < 4.78 is 18.8. The van der Waals surface area contributed by atoms with Crippen molar-refractivity contribution in [1.29, 1.82) is 5.26 Å². The fraction of sp³-hybridized carbons (Fsp3) is 0.278. The van der Waals surface area contributed by atoms with Gasteiger partial charge in [-0.15, -0.1) is 0 Å². The molecule has 0 fully saturated rings. The fourth-order valence-electron chi connectivity index (χ4n) is 2.24. The number of aliphatic hydroxyl groups excluding tert-OH is 1. The number of hydrogen-bond acceptors (Lipinski definition) is 4. The van der Waals surface area contributed by atoms with Crippen LogP contribution >= 0.6 is 0 Å². The number of ether oxygens (including phenoxy) is 1. The smallest absolute Gasteiger partial charge is 0.144 e. The molecule has 0 saturated carbocycles. The number of nitrogens with zero attached hydrogens (tertiary/aromatic N) is 2. The lowest BCUT2D eigenvalue weighted by molar-refractivity contribution is 0.0742. The van der Waals surface area contributed by atoms with Gasteiger partial charge in [0.05, 0.1) is 5.56 Å². The lowest BCUT2D eigenvalue weighted by atomic mass is 10.2. The standard InChI is InChI=1S/C18H19FN2O2/c1-21(11-14-5-3-2-4-6-14)12-16(22)13-23-17-8-7-15(10-20)18(19)9-17/h2-9,16,22H,11-13H2,1H3. The summed E-state index contributed by atoms with van der Waals surface area (Å²) in [7, 11) is 1.91. The summed E-state index contributed by atoms with van der Waals surface area (Å²) in [6.45, 7) is 1.22. The van der Waals surface area contributed by atoms with E-state index < -0.39 is 11.9 Å². The summed E-state index contributed by atoms with van der Waals surface area (Å²) >= 11 is 0. The third kappa shape index (κ3) is 5.37. The predicted octanol–water partition coefficient (Wildman–Crippen LogP) is 2.57. The number of rotatable bonds is 7. The van der Waals surface area contributed by atoms with E-state index in [1.54, 1.807) is 6.07 Å². The van der Waals surface area contributed by atoms with Crippen LogP contribution in [0.25, 0.3) is 0 Å². The van der Waals surface area contributed by atoms with Gasteiger partial charge >= 0.3 is 0 Å². The van der Waals surface area contributed by atoms with Gasteiger partial charge in [-0.1, -0.05) is 30.3 Å². The van der Waals surface area contributed by atoms with E-state index in [1.165, 1.54) is 12.1 Å². The van der Waals surface area contributed by atoms with E-state index in [2.05, 4.69) is 0 Å². The Hall–Kier alpha value is -2.42. The van der Waals surface area contributed by atoms with Gasteiger partial charge in [0.25, 0.3) is 0 Å². The van der Waals surface area contributed by atoms with Crippen LogP contribution < -0.4 is 4.74 Å². The van der Waals surface area contributed by atoms with Crippen molar-refractivity contribution in [3.8, 4) is 11.8 Å². The maximum absolute atomic E-state index is 13.5. The Labute approximate surface area is 135 Å². The SMILES string of the molecule is CN(Cc1ccccc1)CC(O)COc1ccc(C#N)c(F)c1. The zero-order valence-corrected chi connectivity index (χ0v) is 12.9. The van der Waals surface area contributed by atoms with Crippen LogP contribution in [0.4, 0.5) is 4.39 Å². The molecule has 1 atom stereocenters. The molecular formula is C18H19FN2O2. The quantitative estimate of drug-likeness (QED) is 0.853. The maximum Gasteiger partial charge on any atom is 0.144 e. The number of nitriles is 1. The molecule has 0 radical (unpaired) electrons. The summed E-state index contributed by atoms with van der Waals surface area (Å²) in [6.07, 6.45) is -0.692. The Balaban J connectivity index is 1.79. The van der Waals surface area contributed by atoms with Crippen LogP contribution in [0.2, 0.25) is 0 Å². The number of likely N-dealkylation sites (N-methyl/N-ethyl adjacent to an activating group) is 1.